The predicted molar refractivity (Wildman–Crippen MR) is 110 cm³/mol. The van der Waals surface area contributed by atoms with Crippen LogP contribution in [0.4, 0.5) is 0 Å². The maximum atomic E-state index is 12.8. The second-order valence-corrected chi connectivity index (χ2v) is 7.61. The molecule has 0 radical (unpaired) electrons. The van der Waals surface area contributed by atoms with E-state index in [0.29, 0.717) is 47.7 Å². The Morgan fingerprint density at radius 3 is 1.97 bits per heavy atom. The first-order valence-corrected chi connectivity index (χ1v) is 9.65. The maximum Gasteiger partial charge on any atom is 0.341 e. The molecule has 0 unspecified atom stereocenters. The normalized spacial score (nSPS) is 10.8. The van der Waals surface area contributed by atoms with Crippen molar-refractivity contribution < 1.29 is 28.9 Å². The molecule has 156 valence electrons. The lowest BCUT2D eigenvalue weighted by Gasteiger charge is -2.14. The maximum absolute atomic E-state index is 12.8. The summed E-state index contributed by atoms with van der Waals surface area (Å²) in [6.45, 7) is 8.68. The van der Waals surface area contributed by atoms with E-state index in [1.165, 1.54) is 6.07 Å². The van der Waals surface area contributed by atoms with Crippen LogP contribution in [0.3, 0.4) is 0 Å². The van der Waals surface area contributed by atoms with Crippen molar-refractivity contribution in [2.24, 2.45) is 11.8 Å². The van der Waals surface area contributed by atoms with E-state index >= 15 is 0 Å². The lowest BCUT2D eigenvalue weighted by atomic mass is 10.0. The van der Waals surface area contributed by atoms with Gasteiger partial charge in [0.25, 0.3) is 0 Å². The fourth-order valence-corrected chi connectivity index (χ4v) is 2.41. The number of carbonyl (C=O) groups is 2. The fraction of sp³-hybridized carbons (Fsp3) is 0.391. The van der Waals surface area contributed by atoms with Crippen LogP contribution in [0.2, 0.25) is 0 Å². The average molecular weight is 400 g/mol. The highest BCUT2D eigenvalue weighted by molar-refractivity contribution is 6.09. The average Bonchev–Trinajstić information content (AvgIpc) is 2.69. The first-order chi connectivity index (χ1) is 13.8. The van der Waals surface area contributed by atoms with Gasteiger partial charge in [-0.3, -0.25) is 4.79 Å². The van der Waals surface area contributed by atoms with E-state index in [2.05, 4.69) is 13.8 Å². The number of ketones is 1. The number of hydrogen-bond acceptors (Lipinski definition) is 5. The van der Waals surface area contributed by atoms with Gasteiger partial charge in [0, 0.05) is 11.1 Å². The highest BCUT2D eigenvalue weighted by atomic mass is 16.5. The lowest BCUT2D eigenvalue weighted by Crippen LogP contribution is -2.12. The molecule has 0 atom stereocenters. The number of carboxylic acids is 1. The predicted octanol–water partition coefficient (Wildman–Crippen LogP) is 4.45. The second-order valence-electron chi connectivity index (χ2n) is 7.61. The molecule has 0 aliphatic heterocycles. The molecule has 29 heavy (non-hydrogen) atoms. The van der Waals surface area contributed by atoms with Crippen LogP contribution in [0.5, 0.6) is 17.2 Å². The summed E-state index contributed by atoms with van der Waals surface area (Å²) < 4.78 is 16.7. The lowest BCUT2D eigenvalue weighted by molar-refractivity contribution is -0.139. The fourth-order valence-electron chi connectivity index (χ4n) is 2.41. The largest absolute Gasteiger partial charge is 0.493 e. The highest BCUT2D eigenvalue weighted by Gasteiger charge is 2.15. The van der Waals surface area contributed by atoms with E-state index in [1.807, 2.05) is 13.8 Å². The smallest absolute Gasteiger partial charge is 0.341 e. The minimum Gasteiger partial charge on any atom is -0.493 e. The molecule has 2 aromatic carbocycles. The van der Waals surface area contributed by atoms with Crippen LogP contribution >= 0.6 is 0 Å². The molecular formula is C23H28O6. The van der Waals surface area contributed by atoms with E-state index in [1.54, 1.807) is 36.4 Å². The SMILES string of the molecule is CC(C)COc1ccc(C(=O)c2ccc(OCC(C)C)c(OCC(=O)O)c2)cc1. The molecule has 0 aliphatic rings. The summed E-state index contributed by atoms with van der Waals surface area (Å²) in [6, 6.07) is 11.7. The topological polar surface area (TPSA) is 82.1 Å². The van der Waals surface area contributed by atoms with Crippen LogP contribution in [-0.4, -0.2) is 36.7 Å². The Labute approximate surface area is 171 Å². The van der Waals surface area contributed by atoms with Crippen molar-refractivity contribution in [3.05, 3.63) is 53.6 Å². The van der Waals surface area contributed by atoms with Gasteiger partial charge in [0.05, 0.1) is 13.2 Å². The van der Waals surface area contributed by atoms with Crippen LogP contribution in [0.15, 0.2) is 42.5 Å². The molecule has 0 heterocycles. The molecule has 1 N–H and O–H groups in total. The number of aliphatic carboxylic acids is 1. The molecule has 0 saturated heterocycles. The van der Waals surface area contributed by atoms with Gasteiger partial charge in [-0.1, -0.05) is 27.7 Å². The summed E-state index contributed by atoms with van der Waals surface area (Å²) in [5, 5.41) is 8.90. The molecule has 2 aromatic rings. The van der Waals surface area contributed by atoms with Gasteiger partial charge in [-0.05, 0) is 54.3 Å². The van der Waals surface area contributed by atoms with Gasteiger partial charge in [-0.15, -0.1) is 0 Å². The standard InChI is InChI=1S/C23H28O6/c1-15(2)12-27-19-8-5-17(6-9-19)23(26)18-7-10-20(28-13-16(3)4)21(11-18)29-14-22(24)25/h5-11,15-16H,12-14H2,1-4H3,(H,24,25). The first kappa shape index (κ1) is 22.3. The number of ether oxygens (including phenoxy) is 3. The summed E-state index contributed by atoms with van der Waals surface area (Å²) in [5.74, 6) is 0.754. The summed E-state index contributed by atoms with van der Waals surface area (Å²) in [6.07, 6.45) is 0. The Kier molecular flexibility index (Phi) is 8.07. The summed E-state index contributed by atoms with van der Waals surface area (Å²) >= 11 is 0. The summed E-state index contributed by atoms with van der Waals surface area (Å²) in [5.41, 5.74) is 0.889. The van der Waals surface area contributed by atoms with E-state index in [4.69, 9.17) is 19.3 Å². The van der Waals surface area contributed by atoms with E-state index in [0.717, 1.165) is 0 Å². The van der Waals surface area contributed by atoms with Crippen molar-refractivity contribution in [3.63, 3.8) is 0 Å². The van der Waals surface area contributed by atoms with Crippen molar-refractivity contribution in [2.75, 3.05) is 19.8 Å². The summed E-state index contributed by atoms with van der Waals surface area (Å²) in [4.78, 5) is 23.7. The molecule has 0 fully saturated rings. The molecule has 0 saturated carbocycles. The van der Waals surface area contributed by atoms with Crippen molar-refractivity contribution >= 4 is 11.8 Å². The zero-order valence-corrected chi connectivity index (χ0v) is 17.3. The molecule has 0 aliphatic carbocycles. The van der Waals surface area contributed by atoms with Gasteiger partial charge in [0.1, 0.15) is 5.75 Å². The number of carbonyl (C=O) groups excluding carboxylic acids is 1. The Hall–Kier alpha value is -3.02. The number of carboxylic acid groups (broad SMARTS) is 1. The third-order valence-electron chi connectivity index (χ3n) is 3.83. The third-order valence-corrected chi connectivity index (χ3v) is 3.83. The number of rotatable bonds is 11. The molecule has 6 heteroatoms. The Morgan fingerprint density at radius 1 is 0.793 bits per heavy atom. The van der Waals surface area contributed by atoms with Crippen molar-refractivity contribution in [3.8, 4) is 17.2 Å². The third kappa shape index (κ3) is 7.14. The monoisotopic (exact) mass is 400 g/mol. The van der Waals surface area contributed by atoms with Crippen LogP contribution < -0.4 is 14.2 Å². The highest BCUT2D eigenvalue weighted by Crippen LogP contribution is 2.30. The minimum absolute atomic E-state index is 0.198. The van der Waals surface area contributed by atoms with Crippen molar-refractivity contribution in [1.82, 2.24) is 0 Å². The van der Waals surface area contributed by atoms with Crippen LogP contribution in [-0.2, 0) is 4.79 Å². The first-order valence-electron chi connectivity index (χ1n) is 9.65. The van der Waals surface area contributed by atoms with Gasteiger partial charge in [0.15, 0.2) is 23.9 Å². The molecular weight excluding hydrogens is 372 g/mol. The second kappa shape index (κ2) is 10.5. The quantitative estimate of drug-likeness (QED) is 0.561. The molecule has 0 bridgehead atoms. The van der Waals surface area contributed by atoms with Crippen LogP contribution in [0, 0.1) is 11.8 Å². The Balaban J connectivity index is 2.20. The minimum atomic E-state index is -1.10. The molecule has 0 spiro atoms. The van der Waals surface area contributed by atoms with Gasteiger partial charge >= 0.3 is 5.97 Å². The van der Waals surface area contributed by atoms with E-state index < -0.39 is 12.6 Å². The molecule has 6 nitrogen and oxygen atoms in total. The Morgan fingerprint density at radius 2 is 1.38 bits per heavy atom. The number of benzene rings is 2. The van der Waals surface area contributed by atoms with Crippen molar-refractivity contribution in [2.45, 2.75) is 27.7 Å². The van der Waals surface area contributed by atoms with Gasteiger partial charge < -0.3 is 19.3 Å². The summed E-state index contributed by atoms with van der Waals surface area (Å²) in [7, 11) is 0. The zero-order valence-electron chi connectivity index (χ0n) is 17.3. The van der Waals surface area contributed by atoms with Crippen LogP contribution in [0.1, 0.15) is 43.6 Å². The van der Waals surface area contributed by atoms with Gasteiger partial charge in [-0.2, -0.15) is 0 Å². The van der Waals surface area contributed by atoms with Gasteiger partial charge in [0.2, 0.25) is 0 Å². The van der Waals surface area contributed by atoms with Crippen LogP contribution in [0.25, 0.3) is 0 Å². The molecule has 0 aromatic heterocycles. The number of hydrogen-bond donors (Lipinski definition) is 1. The van der Waals surface area contributed by atoms with E-state index in [-0.39, 0.29) is 11.5 Å². The van der Waals surface area contributed by atoms with E-state index in [9.17, 15) is 9.59 Å². The van der Waals surface area contributed by atoms with Crippen molar-refractivity contribution in [1.29, 1.82) is 0 Å². The molecule has 0 amide bonds. The van der Waals surface area contributed by atoms with Gasteiger partial charge in [-0.25, -0.2) is 4.79 Å². The Bertz CT molecular complexity index is 824. The molecule has 2 rings (SSSR count). The zero-order chi connectivity index (χ0) is 21.4.